The molecule has 1 unspecified atom stereocenters. The SMILES string of the molecule is CC(C)c1ccc(N)c(N2CCC(c3cnccn3)C2)c1. The Kier molecular flexibility index (Phi) is 3.78. The third-order valence-electron chi connectivity index (χ3n) is 4.25. The first kappa shape index (κ1) is 13.9. The van der Waals surface area contributed by atoms with Crippen molar-refractivity contribution < 1.29 is 0 Å². The lowest BCUT2D eigenvalue weighted by Crippen LogP contribution is -2.21. The Morgan fingerprint density at radius 1 is 1.29 bits per heavy atom. The highest BCUT2D eigenvalue weighted by Crippen LogP contribution is 2.34. The summed E-state index contributed by atoms with van der Waals surface area (Å²) in [6.07, 6.45) is 6.47. The van der Waals surface area contributed by atoms with Crippen molar-refractivity contribution in [3.05, 3.63) is 48.0 Å². The van der Waals surface area contributed by atoms with Crippen molar-refractivity contribution in [2.24, 2.45) is 0 Å². The monoisotopic (exact) mass is 282 g/mol. The van der Waals surface area contributed by atoms with Gasteiger partial charge in [0.15, 0.2) is 0 Å². The van der Waals surface area contributed by atoms with Crippen LogP contribution >= 0.6 is 0 Å². The van der Waals surface area contributed by atoms with Gasteiger partial charge >= 0.3 is 0 Å². The summed E-state index contributed by atoms with van der Waals surface area (Å²) in [6.45, 7) is 6.40. The molecular formula is C17H22N4. The van der Waals surface area contributed by atoms with Crippen LogP contribution in [-0.2, 0) is 0 Å². The fourth-order valence-electron chi connectivity index (χ4n) is 2.94. The van der Waals surface area contributed by atoms with E-state index in [1.807, 2.05) is 12.3 Å². The van der Waals surface area contributed by atoms with Crippen LogP contribution in [0, 0.1) is 0 Å². The molecule has 1 aromatic carbocycles. The molecule has 1 aliphatic rings. The molecule has 1 aliphatic heterocycles. The minimum Gasteiger partial charge on any atom is -0.397 e. The Bertz CT molecular complexity index is 609. The van der Waals surface area contributed by atoms with Gasteiger partial charge in [0.25, 0.3) is 0 Å². The topological polar surface area (TPSA) is 55.0 Å². The first-order valence-corrected chi connectivity index (χ1v) is 7.55. The summed E-state index contributed by atoms with van der Waals surface area (Å²) >= 11 is 0. The summed E-state index contributed by atoms with van der Waals surface area (Å²) in [6, 6.07) is 6.39. The van der Waals surface area contributed by atoms with Gasteiger partial charge in [0.05, 0.1) is 17.1 Å². The second-order valence-electron chi connectivity index (χ2n) is 6.03. The van der Waals surface area contributed by atoms with Gasteiger partial charge in [-0.05, 0) is 30.0 Å². The normalized spacial score (nSPS) is 18.4. The summed E-state index contributed by atoms with van der Waals surface area (Å²) in [5, 5.41) is 0. The van der Waals surface area contributed by atoms with Crippen LogP contribution in [0.1, 0.15) is 43.4 Å². The van der Waals surface area contributed by atoms with Crippen LogP contribution in [0.15, 0.2) is 36.8 Å². The van der Waals surface area contributed by atoms with E-state index in [1.165, 1.54) is 5.56 Å². The highest BCUT2D eigenvalue weighted by Gasteiger charge is 2.26. The molecule has 2 heterocycles. The fourth-order valence-corrected chi connectivity index (χ4v) is 2.94. The van der Waals surface area contributed by atoms with Gasteiger partial charge in [-0.2, -0.15) is 0 Å². The standard InChI is InChI=1S/C17H22N4/c1-12(2)13-3-4-15(18)17(9-13)21-8-5-14(11-21)16-10-19-6-7-20-16/h3-4,6-7,9-10,12,14H,5,8,11,18H2,1-2H3. The predicted octanol–water partition coefficient (Wildman–Crippen LogP) is 3.18. The number of anilines is 2. The number of hydrogen-bond acceptors (Lipinski definition) is 4. The Labute approximate surface area is 126 Å². The van der Waals surface area contributed by atoms with Crippen molar-refractivity contribution in [3.8, 4) is 0 Å². The molecular weight excluding hydrogens is 260 g/mol. The molecule has 0 radical (unpaired) electrons. The molecule has 0 aliphatic carbocycles. The van der Waals surface area contributed by atoms with Crippen LogP contribution in [-0.4, -0.2) is 23.1 Å². The molecule has 0 amide bonds. The number of benzene rings is 1. The summed E-state index contributed by atoms with van der Waals surface area (Å²) in [5.41, 5.74) is 10.6. The fraction of sp³-hybridized carbons (Fsp3) is 0.412. The predicted molar refractivity (Wildman–Crippen MR) is 86.5 cm³/mol. The maximum absolute atomic E-state index is 6.18. The number of nitrogen functional groups attached to an aromatic ring is 1. The van der Waals surface area contributed by atoms with E-state index in [-0.39, 0.29) is 0 Å². The van der Waals surface area contributed by atoms with Crippen LogP contribution in [0.4, 0.5) is 11.4 Å². The Morgan fingerprint density at radius 3 is 2.86 bits per heavy atom. The van der Waals surface area contributed by atoms with Crippen molar-refractivity contribution in [1.82, 2.24) is 9.97 Å². The Morgan fingerprint density at radius 2 is 2.14 bits per heavy atom. The molecule has 0 bridgehead atoms. The van der Waals surface area contributed by atoms with E-state index in [2.05, 4.69) is 40.8 Å². The number of nitrogens with two attached hydrogens (primary N) is 1. The van der Waals surface area contributed by atoms with Gasteiger partial charge in [-0.15, -0.1) is 0 Å². The molecule has 0 saturated carbocycles. The Balaban J connectivity index is 1.81. The lowest BCUT2D eigenvalue weighted by molar-refractivity contribution is 0.737. The second kappa shape index (κ2) is 5.72. The lowest BCUT2D eigenvalue weighted by Gasteiger charge is -2.22. The molecule has 1 aromatic heterocycles. The maximum atomic E-state index is 6.18. The van der Waals surface area contributed by atoms with Crippen molar-refractivity contribution in [1.29, 1.82) is 0 Å². The van der Waals surface area contributed by atoms with Gasteiger partial charge in [-0.1, -0.05) is 19.9 Å². The van der Waals surface area contributed by atoms with Gasteiger partial charge in [-0.3, -0.25) is 9.97 Å². The molecule has 4 nitrogen and oxygen atoms in total. The number of hydrogen-bond donors (Lipinski definition) is 1. The van der Waals surface area contributed by atoms with Crippen LogP contribution < -0.4 is 10.6 Å². The highest BCUT2D eigenvalue weighted by molar-refractivity contribution is 5.69. The quantitative estimate of drug-likeness (QED) is 0.878. The van der Waals surface area contributed by atoms with Gasteiger partial charge in [0.1, 0.15) is 0 Å². The number of aromatic nitrogens is 2. The molecule has 4 heteroatoms. The van der Waals surface area contributed by atoms with Gasteiger partial charge in [0, 0.05) is 37.6 Å². The molecule has 1 saturated heterocycles. The summed E-state index contributed by atoms with van der Waals surface area (Å²) in [4.78, 5) is 11.0. The molecule has 0 spiro atoms. The van der Waals surface area contributed by atoms with Crippen molar-refractivity contribution in [2.75, 3.05) is 23.7 Å². The minimum atomic E-state index is 0.445. The van der Waals surface area contributed by atoms with Crippen molar-refractivity contribution in [2.45, 2.75) is 32.1 Å². The van der Waals surface area contributed by atoms with Gasteiger partial charge in [-0.25, -0.2) is 0 Å². The molecule has 21 heavy (non-hydrogen) atoms. The molecule has 2 N–H and O–H groups in total. The van der Waals surface area contributed by atoms with Gasteiger partial charge in [0.2, 0.25) is 0 Å². The highest BCUT2D eigenvalue weighted by atomic mass is 15.2. The van der Waals surface area contributed by atoms with E-state index in [1.54, 1.807) is 12.4 Å². The van der Waals surface area contributed by atoms with E-state index < -0.39 is 0 Å². The average molecular weight is 282 g/mol. The van der Waals surface area contributed by atoms with Gasteiger partial charge < -0.3 is 10.6 Å². The zero-order valence-corrected chi connectivity index (χ0v) is 12.7. The van der Waals surface area contributed by atoms with Crippen LogP contribution in [0.2, 0.25) is 0 Å². The van der Waals surface area contributed by atoms with Crippen molar-refractivity contribution >= 4 is 11.4 Å². The third-order valence-corrected chi connectivity index (χ3v) is 4.25. The largest absolute Gasteiger partial charge is 0.397 e. The van der Waals surface area contributed by atoms with Crippen LogP contribution in [0.3, 0.4) is 0 Å². The molecule has 1 atom stereocenters. The zero-order valence-electron chi connectivity index (χ0n) is 12.7. The molecule has 2 aromatic rings. The van der Waals surface area contributed by atoms with E-state index >= 15 is 0 Å². The van der Waals surface area contributed by atoms with Crippen LogP contribution in [0.25, 0.3) is 0 Å². The van der Waals surface area contributed by atoms with E-state index in [9.17, 15) is 0 Å². The summed E-state index contributed by atoms with van der Waals surface area (Å²) in [7, 11) is 0. The summed E-state index contributed by atoms with van der Waals surface area (Å²) in [5.74, 6) is 0.962. The van der Waals surface area contributed by atoms with E-state index in [0.717, 1.165) is 36.6 Å². The number of nitrogens with zero attached hydrogens (tertiary/aromatic N) is 3. The van der Waals surface area contributed by atoms with Crippen LogP contribution in [0.5, 0.6) is 0 Å². The first-order chi connectivity index (χ1) is 10.1. The molecule has 3 rings (SSSR count). The first-order valence-electron chi connectivity index (χ1n) is 7.55. The zero-order chi connectivity index (χ0) is 14.8. The summed E-state index contributed by atoms with van der Waals surface area (Å²) < 4.78 is 0. The lowest BCUT2D eigenvalue weighted by atomic mass is 10.0. The second-order valence-corrected chi connectivity index (χ2v) is 6.03. The molecule has 1 fully saturated rings. The maximum Gasteiger partial charge on any atom is 0.0635 e. The van der Waals surface area contributed by atoms with Crippen molar-refractivity contribution in [3.63, 3.8) is 0 Å². The Hall–Kier alpha value is -2.10. The van der Waals surface area contributed by atoms with E-state index in [4.69, 9.17) is 5.73 Å². The average Bonchev–Trinajstić information content (AvgIpc) is 2.98. The van der Waals surface area contributed by atoms with E-state index in [0.29, 0.717) is 11.8 Å². The number of rotatable bonds is 3. The third kappa shape index (κ3) is 2.84. The smallest absolute Gasteiger partial charge is 0.0635 e. The minimum absolute atomic E-state index is 0.445. The molecule has 110 valence electrons.